The minimum absolute atomic E-state index is 0.0467. The molecule has 5 nitrogen and oxygen atoms in total. The zero-order chi connectivity index (χ0) is 11.5. The van der Waals surface area contributed by atoms with E-state index in [1.54, 1.807) is 6.92 Å². The largest absolute Gasteiger partial charge is 0.461 e. The van der Waals surface area contributed by atoms with Gasteiger partial charge in [0, 0.05) is 6.08 Å². The number of carbonyl (C=O) groups excluding carboxylic acids is 3. The van der Waals surface area contributed by atoms with Gasteiger partial charge in [-0.3, -0.25) is 9.59 Å². The van der Waals surface area contributed by atoms with Gasteiger partial charge < -0.3 is 9.47 Å². The Morgan fingerprint density at radius 3 is 2.73 bits per heavy atom. The van der Waals surface area contributed by atoms with Crippen LogP contribution in [0.3, 0.4) is 0 Å². The molecular formula is C10H12O5. The Labute approximate surface area is 87.0 Å². The average Bonchev–Trinajstić information content (AvgIpc) is 2.39. The van der Waals surface area contributed by atoms with Crippen molar-refractivity contribution in [3.8, 4) is 0 Å². The lowest BCUT2D eigenvalue weighted by Gasteiger charge is -2.16. The Morgan fingerprint density at radius 2 is 2.27 bits per heavy atom. The van der Waals surface area contributed by atoms with Gasteiger partial charge in [-0.15, -0.1) is 0 Å². The molecule has 0 bridgehead atoms. The van der Waals surface area contributed by atoms with E-state index in [2.05, 4.69) is 4.74 Å². The van der Waals surface area contributed by atoms with Gasteiger partial charge in [-0.25, -0.2) is 4.79 Å². The molecule has 1 atom stereocenters. The Balaban J connectivity index is 2.54. The summed E-state index contributed by atoms with van der Waals surface area (Å²) in [6.07, 6.45) is 2.73. The van der Waals surface area contributed by atoms with E-state index in [9.17, 15) is 14.4 Å². The summed E-state index contributed by atoms with van der Waals surface area (Å²) in [6, 6.07) is 0. The molecule has 0 aromatic carbocycles. The number of carbonyl (C=O) groups is 3. The van der Waals surface area contributed by atoms with Crippen LogP contribution in [0.15, 0.2) is 12.2 Å². The van der Waals surface area contributed by atoms with Crippen LogP contribution in [0.25, 0.3) is 0 Å². The van der Waals surface area contributed by atoms with E-state index < -0.39 is 23.3 Å². The highest BCUT2D eigenvalue weighted by Crippen LogP contribution is 2.30. The van der Waals surface area contributed by atoms with E-state index in [1.807, 2.05) is 0 Å². The number of rotatable bonds is 3. The van der Waals surface area contributed by atoms with Crippen LogP contribution in [0.5, 0.6) is 0 Å². The molecule has 15 heavy (non-hydrogen) atoms. The quantitative estimate of drug-likeness (QED) is 0.389. The van der Waals surface area contributed by atoms with Gasteiger partial charge in [0.1, 0.15) is 12.0 Å². The second kappa shape index (κ2) is 4.25. The monoisotopic (exact) mass is 212 g/mol. The first-order valence-electron chi connectivity index (χ1n) is 4.52. The van der Waals surface area contributed by atoms with Crippen molar-refractivity contribution in [2.75, 3.05) is 6.61 Å². The van der Waals surface area contributed by atoms with Gasteiger partial charge in [-0.2, -0.15) is 0 Å². The summed E-state index contributed by atoms with van der Waals surface area (Å²) < 4.78 is 9.19. The van der Waals surface area contributed by atoms with Gasteiger partial charge in [0.2, 0.25) is 0 Å². The van der Waals surface area contributed by atoms with Crippen molar-refractivity contribution in [1.29, 1.82) is 0 Å². The van der Waals surface area contributed by atoms with Crippen LogP contribution in [0.2, 0.25) is 0 Å². The maximum atomic E-state index is 11.2. The molecule has 0 aliphatic carbocycles. The molecule has 0 aromatic heterocycles. The lowest BCUT2D eigenvalue weighted by Crippen LogP contribution is -2.29. The minimum Gasteiger partial charge on any atom is -0.461 e. The Hall–Kier alpha value is -1.65. The van der Waals surface area contributed by atoms with E-state index in [1.165, 1.54) is 19.1 Å². The lowest BCUT2D eigenvalue weighted by molar-refractivity contribution is -0.156. The number of allylic oxidation sites excluding steroid dienone is 1. The van der Waals surface area contributed by atoms with Gasteiger partial charge in [0.15, 0.2) is 0 Å². The Kier molecular flexibility index (Phi) is 3.24. The topological polar surface area (TPSA) is 69.7 Å². The number of hydrogen-bond acceptors (Lipinski definition) is 5. The molecule has 0 N–H and O–H groups in total. The van der Waals surface area contributed by atoms with Crippen molar-refractivity contribution in [3.63, 3.8) is 0 Å². The Morgan fingerprint density at radius 1 is 1.60 bits per heavy atom. The summed E-state index contributed by atoms with van der Waals surface area (Å²) in [5.74, 6) is -1.75. The molecule has 0 amide bonds. The van der Waals surface area contributed by atoms with E-state index in [0.29, 0.717) is 0 Å². The standard InChI is InChI=1S/C10H12O5/c1-3-4-7(11)14-6-10(2)5-8(12)15-9(10)13/h3-4H,5-6H2,1-2H3. The molecule has 1 saturated heterocycles. The van der Waals surface area contributed by atoms with Crippen molar-refractivity contribution >= 4 is 17.9 Å². The molecule has 0 spiro atoms. The minimum atomic E-state index is -1.03. The molecule has 1 heterocycles. The molecule has 0 radical (unpaired) electrons. The van der Waals surface area contributed by atoms with Crippen molar-refractivity contribution in [2.24, 2.45) is 5.41 Å². The van der Waals surface area contributed by atoms with Gasteiger partial charge in [0.05, 0.1) is 6.42 Å². The zero-order valence-electron chi connectivity index (χ0n) is 8.61. The van der Waals surface area contributed by atoms with Crippen LogP contribution in [0, 0.1) is 5.41 Å². The highest BCUT2D eigenvalue weighted by molar-refractivity contribution is 5.97. The molecule has 1 rings (SSSR count). The van der Waals surface area contributed by atoms with Crippen LogP contribution in [-0.2, 0) is 23.9 Å². The van der Waals surface area contributed by atoms with Gasteiger partial charge >= 0.3 is 17.9 Å². The van der Waals surface area contributed by atoms with E-state index in [4.69, 9.17) is 4.74 Å². The van der Waals surface area contributed by atoms with Crippen molar-refractivity contribution in [1.82, 2.24) is 0 Å². The molecular weight excluding hydrogens is 200 g/mol. The highest BCUT2D eigenvalue weighted by atomic mass is 16.6. The molecule has 82 valence electrons. The predicted octanol–water partition coefficient (Wildman–Crippen LogP) is 0.585. The number of esters is 3. The van der Waals surface area contributed by atoms with E-state index in [-0.39, 0.29) is 13.0 Å². The number of ether oxygens (including phenoxy) is 2. The third-order valence-electron chi connectivity index (χ3n) is 2.07. The summed E-state index contributed by atoms with van der Waals surface area (Å²) in [5.41, 5.74) is -1.03. The molecule has 0 aromatic rings. The van der Waals surface area contributed by atoms with Gasteiger partial charge in [-0.1, -0.05) is 6.08 Å². The third kappa shape index (κ3) is 2.65. The summed E-state index contributed by atoms with van der Waals surface area (Å²) >= 11 is 0. The Bertz CT molecular complexity index is 331. The maximum absolute atomic E-state index is 11.2. The van der Waals surface area contributed by atoms with Crippen LogP contribution >= 0.6 is 0 Å². The summed E-state index contributed by atoms with van der Waals surface area (Å²) in [4.78, 5) is 33.1. The van der Waals surface area contributed by atoms with Crippen molar-refractivity contribution in [2.45, 2.75) is 20.3 Å². The second-order valence-corrected chi connectivity index (χ2v) is 3.61. The third-order valence-corrected chi connectivity index (χ3v) is 2.07. The molecule has 1 unspecified atom stereocenters. The van der Waals surface area contributed by atoms with Gasteiger partial charge in [0.25, 0.3) is 0 Å². The lowest BCUT2D eigenvalue weighted by atomic mass is 9.90. The SMILES string of the molecule is CC=CC(=O)OCC1(C)CC(=O)OC1=O. The second-order valence-electron chi connectivity index (χ2n) is 3.61. The van der Waals surface area contributed by atoms with Crippen LogP contribution in [-0.4, -0.2) is 24.5 Å². The number of cyclic esters (lactones) is 2. The first kappa shape index (κ1) is 11.4. The summed E-state index contributed by atoms with van der Waals surface area (Å²) in [7, 11) is 0. The van der Waals surface area contributed by atoms with Gasteiger partial charge in [-0.05, 0) is 13.8 Å². The highest BCUT2D eigenvalue weighted by Gasteiger charge is 2.46. The summed E-state index contributed by atoms with van der Waals surface area (Å²) in [6.45, 7) is 3.07. The molecule has 5 heteroatoms. The fourth-order valence-electron chi connectivity index (χ4n) is 1.18. The van der Waals surface area contributed by atoms with Crippen LogP contribution < -0.4 is 0 Å². The van der Waals surface area contributed by atoms with Crippen molar-refractivity contribution in [3.05, 3.63) is 12.2 Å². The average molecular weight is 212 g/mol. The molecule has 1 fully saturated rings. The predicted molar refractivity (Wildman–Crippen MR) is 49.6 cm³/mol. The first-order valence-corrected chi connectivity index (χ1v) is 4.52. The first-order chi connectivity index (χ1) is 6.98. The molecule has 0 saturated carbocycles. The van der Waals surface area contributed by atoms with Crippen LogP contribution in [0.4, 0.5) is 0 Å². The fourth-order valence-corrected chi connectivity index (χ4v) is 1.18. The zero-order valence-corrected chi connectivity index (χ0v) is 8.61. The number of hydrogen-bond donors (Lipinski definition) is 0. The maximum Gasteiger partial charge on any atom is 0.330 e. The van der Waals surface area contributed by atoms with E-state index in [0.717, 1.165) is 0 Å². The van der Waals surface area contributed by atoms with Crippen molar-refractivity contribution < 1.29 is 23.9 Å². The normalized spacial score (nSPS) is 25.7. The summed E-state index contributed by atoms with van der Waals surface area (Å²) in [5, 5.41) is 0. The molecule has 1 aliphatic rings. The molecule has 1 aliphatic heterocycles. The fraction of sp³-hybridized carbons (Fsp3) is 0.500. The van der Waals surface area contributed by atoms with Crippen LogP contribution in [0.1, 0.15) is 20.3 Å². The smallest absolute Gasteiger partial charge is 0.330 e. The van der Waals surface area contributed by atoms with E-state index >= 15 is 0 Å².